The Hall–Kier alpha value is -3.68. The third-order valence-corrected chi connectivity index (χ3v) is 4.11. The number of nitrogens with zero attached hydrogens (tertiary/aromatic N) is 3. The van der Waals surface area contributed by atoms with Crippen molar-refractivity contribution in [1.82, 2.24) is 9.78 Å². The number of ether oxygens (including phenoxy) is 1. The fourth-order valence-electron chi connectivity index (χ4n) is 2.58. The summed E-state index contributed by atoms with van der Waals surface area (Å²) in [5, 5.41) is 17.7. The summed E-state index contributed by atoms with van der Waals surface area (Å²) >= 11 is 0. The Morgan fingerprint density at radius 3 is 2.33 bits per heavy atom. The predicted molar refractivity (Wildman–Crippen MR) is 101 cm³/mol. The van der Waals surface area contributed by atoms with Crippen LogP contribution in [-0.2, 0) is 4.79 Å². The first-order valence-corrected chi connectivity index (χ1v) is 8.23. The van der Waals surface area contributed by atoms with Gasteiger partial charge in [0.05, 0.1) is 12.0 Å². The molecule has 0 spiro atoms. The van der Waals surface area contributed by atoms with E-state index in [0.29, 0.717) is 5.69 Å². The summed E-state index contributed by atoms with van der Waals surface area (Å²) in [5.74, 6) is -0.477. The van der Waals surface area contributed by atoms with E-state index in [1.807, 2.05) is 42.5 Å². The molecule has 0 aliphatic rings. The minimum atomic E-state index is -0.749. The molecule has 0 radical (unpaired) electrons. The number of nitrogens with one attached hydrogen (secondary N) is 1. The van der Waals surface area contributed by atoms with Gasteiger partial charge in [0, 0.05) is 5.69 Å². The Bertz CT molecular complexity index is 952. The number of benzene rings is 2. The molecule has 1 atom stereocenters. The molecule has 138 valence electrons. The van der Waals surface area contributed by atoms with E-state index < -0.39 is 11.0 Å². The molecule has 3 aromatic rings. The third-order valence-electron chi connectivity index (χ3n) is 4.11. The Kier molecular flexibility index (Phi) is 5.16. The van der Waals surface area contributed by atoms with E-state index >= 15 is 0 Å². The molecule has 8 heteroatoms. The van der Waals surface area contributed by atoms with Gasteiger partial charge in [-0.25, -0.2) is 4.68 Å². The zero-order valence-corrected chi connectivity index (χ0v) is 14.8. The quantitative estimate of drug-likeness (QED) is 0.530. The second kappa shape index (κ2) is 7.69. The van der Waals surface area contributed by atoms with Crippen LogP contribution in [0.5, 0.6) is 5.88 Å². The smallest absolute Gasteiger partial charge is 0.350 e. The third kappa shape index (κ3) is 3.95. The average Bonchev–Trinajstić information content (AvgIpc) is 3.13. The van der Waals surface area contributed by atoms with Crippen LogP contribution in [0.2, 0.25) is 0 Å². The lowest BCUT2D eigenvalue weighted by molar-refractivity contribution is -0.385. The lowest BCUT2D eigenvalue weighted by Crippen LogP contribution is -2.24. The van der Waals surface area contributed by atoms with Gasteiger partial charge in [0.25, 0.3) is 0 Å². The zero-order valence-electron chi connectivity index (χ0n) is 14.8. The number of methoxy groups -OCH3 is 1. The summed E-state index contributed by atoms with van der Waals surface area (Å²) in [4.78, 5) is 22.9. The topological polar surface area (TPSA) is 99.3 Å². The number of hydrogen-bond donors (Lipinski definition) is 1. The first kappa shape index (κ1) is 18.1. The van der Waals surface area contributed by atoms with E-state index in [1.165, 1.54) is 18.0 Å². The van der Waals surface area contributed by atoms with E-state index in [1.54, 1.807) is 19.1 Å². The van der Waals surface area contributed by atoms with Crippen molar-refractivity contribution in [2.24, 2.45) is 0 Å². The van der Waals surface area contributed by atoms with Crippen molar-refractivity contribution in [3.63, 3.8) is 0 Å². The standard InChI is InChI=1S/C19H18N4O4/c1-13(22-12-17(23(25)26)19(21-22)27-2)18(24)20-16-10-8-15(9-11-16)14-6-4-3-5-7-14/h3-13H,1-2H3,(H,20,24). The van der Waals surface area contributed by atoms with Gasteiger partial charge < -0.3 is 10.1 Å². The maximum atomic E-state index is 12.5. The van der Waals surface area contributed by atoms with Crippen LogP contribution in [0.1, 0.15) is 13.0 Å². The minimum Gasteiger partial charge on any atom is -0.475 e. The molecule has 3 rings (SSSR count). The minimum absolute atomic E-state index is 0.133. The SMILES string of the molecule is COc1nn(C(C)C(=O)Nc2ccc(-c3ccccc3)cc2)cc1[N+](=O)[O-]. The monoisotopic (exact) mass is 366 g/mol. The van der Waals surface area contributed by atoms with Gasteiger partial charge in [-0.1, -0.05) is 42.5 Å². The van der Waals surface area contributed by atoms with Crippen molar-refractivity contribution in [2.75, 3.05) is 12.4 Å². The normalized spacial score (nSPS) is 11.6. The number of carbonyl (C=O) groups is 1. The van der Waals surface area contributed by atoms with Crippen LogP contribution in [-0.4, -0.2) is 27.7 Å². The highest BCUT2D eigenvalue weighted by molar-refractivity contribution is 5.93. The fraction of sp³-hybridized carbons (Fsp3) is 0.158. The number of aromatic nitrogens is 2. The molecule has 0 fully saturated rings. The number of carbonyl (C=O) groups excluding carboxylic acids is 1. The number of anilines is 1. The summed E-state index contributed by atoms with van der Waals surface area (Å²) in [6.07, 6.45) is 1.18. The van der Waals surface area contributed by atoms with Crippen LogP contribution in [0.25, 0.3) is 11.1 Å². The highest BCUT2D eigenvalue weighted by Crippen LogP contribution is 2.26. The average molecular weight is 366 g/mol. The number of hydrogen-bond acceptors (Lipinski definition) is 5. The van der Waals surface area contributed by atoms with Gasteiger partial charge >= 0.3 is 11.6 Å². The van der Waals surface area contributed by atoms with Crippen molar-refractivity contribution in [1.29, 1.82) is 0 Å². The molecule has 0 aliphatic carbocycles. The molecule has 1 amide bonds. The van der Waals surface area contributed by atoms with Gasteiger partial charge in [0.15, 0.2) is 0 Å². The second-order valence-electron chi connectivity index (χ2n) is 5.87. The summed E-state index contributed by atoms with van der Waals surface area (Å²) < 4.78 is 6.10. The Balaban J connectivity index is 1.72. The lowest BCUT2D eigenvalue weighted by Gasteiger charge is -2.12. The second-order valence-corrected chi connectivity index (χ2v) is 5.87. The molecule has 8 nitrogen and oxygen atoms in total. The van der Waals surface area contributed by atoms with Crippen LogP contribution >= 0.6 is 0 Å². The van der Waals surface area contributed by atoms with E-state index in [2.05, 4.69) is 10.4 Å². The van der Waals surface area contributed by atoms with E-state index in [-0.39, 0.29) is 17.5 Å². The maximum absolute atomic E-state index is 12.5. The maximum Gasteiger partial charge on any atom is 0.350 e. The van der Waals surface area contributed by atoms with Crippen molar-refractivity contribution in [2.45, 2.75) is 13.0 Å². The lowest BCUT2D eigenvalue weighted by atomic mass is 10.1. The predicted octanol–water partition coefficient (Wildman–Crippen LogP) is 3.67. The van der Waals surface area contributed by atoms with Gasteiger partial charge in [-0.05, 0) is 30.2 Å². The first-order chi connectivity index (χ1) is 13.0. The van der Waals surface area contributed by atoms with Gasteiger partial charge in [0.2, 0.25) is 5.91 Å². The molecule has 1 N–H and O–H groups in total. The Labute approximate surface area is 155 Å². The van der Waals surface area contributed by atoms with Gasteiger partial charge in [0.1, 0.15) is 12.2 Å². The Morgan fingerprint density at radius 1 is 1.15 bits per heavy atom. The fourth-order valence-corrected chi connectivity index (χ4v) is 2.58. The number of rotatable bonds is 6. The summed E-state index contributed by atoms with van der Waals surface area (Å²) in [6, 6.07) is 16.6. The van der Waals surface area contributed by atoms with Crippen LogP contribution in [0, 0.1) is 10.1 Å². The van der Waals surface area contributed by atoms with Gasteiger partial charge in [-0.15, -0.1) is 5.10 Å². The van der Waals surface area contributed by atoms with Crippen molar-refractivity contribution >= 4 is 17.3 Å². The Morgan fingerprint density at radius 2 is 1.78 bits per heavy atom. The highest BCUT2D eigenvalue weighted by atomic mass is 16.6. The first-order valence-electron chi connectivity index (χ1n) is 8.23. The molecule has 0 aliphatic heterocycles. The van der Waals surface area contributed by atoms with Crippen LogP contribution in [0.15, 0.2) is 60.8 Å². The van der Waals surface area contributed by atoms with Gasteiger partial charge in [-0.2, -0.15) is 0 Å². The number of nitro groups is 1. The van der Waals surface area contributed by atoms with Crippen LogP contribution in [0.4, 0.5) is 11.4 Å². The number of amides is 1. The largest absolute Gasteiger partial charge is 0.475 e. The molecule has 27 heavy (non-hydrogen) atoms. The van der Waals surface area contributed by atoms with E-state index in [9.17, 15) is 14.9 Å². The van der Waals surface area contributed by atoms with Gasteiger partial charge in [-0.3, -0.25) is 14.9 Å². The molecule has 0 saturated carbocycles. The van der Waals surface area contributed by atoms with E-state index in [0.717, 1.165) is 11.1 Å². The summed E-state index contributed by atoms with van der Waals surface area (Å²) in [6.45, 7) is 1.60. The molecular weight excluding hydrogens is 348 g/mol. The zero-order chi connectivity index (χ0) is 19.4. The van der Waals surface area contributed by atoms with Crippen molar-refractivity contribution < 1.29 is 14.5 Å². The van der Waals surface area contributed by atoms with E-state index in [4.69, 9.17) is 4.74 Å². The molecule has 1 unspecified atom stereocenters. The molecule has 0 saturated heterocycles. The van der Waals surface area contributed by atoms with Crippen LogP contribution in [0.3, 0.4) is 0 Å². The molecule has 2 aromatic carbocycles. The summed E-state index contributed by atoms with van der Waals surface area (Å²) in [7, 11) is 1.29. The molecule has 1 aromatic heterocycles. The van der Waals surface area contributed by atoms with Crippen molar-refractivity contribution in [3.05, 3.63) is 70.9 Å². The highest BCUT2D eigenvalue weighted by Gasteiger charge is 2.25. The van der Waals surface area contributed by atoms with Crippen LogP contribution < -0.4 is 10.1 Å². The van der Waals surface area contributed by atoms with Crippen molar-refractivity contribution in [3.8, 4) is 17.0 Å². The molecule has 0 bridgehead atoms. The molecule has 1 heterocycles. The molecular formula is C19H18N4O4. The summed E-state index contributed by atoms with van der Waals surface area (Å²) in [5.41, 5.74) is 2.46.